The second kappa shape index (κ2) is 6.49. The van der Waals surface area contributed by atoms with E-state index in [0.29, 0.717) is 6.04 Å². The van der Waals surface area contributed by atoms with Crippen LogP contribution in [0.3, 0.4) is 0 Å². The van der Waals surface area contributed by atoms with Gasteiger partial charge < -0.3 is 5.32 Å². The first-order valence-corrected chi connectivity index (χ1v) is 6.07. The van der Waals surface area contributed by atoms with Crippen LogP contribution < -0.4 is 5.32 Å². The normalized spacial score (nSPS) is 14.6. The Balaban J connectivity index is 2.47. The number of para-hydroxylation sites is 1. The van der Waals surface area contributed by atoms with Crippen LogP contribution in [0.4, 0.5) is 5.69 Å². The molecule has 1 rings (SSSR count). The summed E-state index contributed by atoms with van der Waals surface area (Å²) in [6, 6.07) is 11.1. The summed E-state index contributed by atoms with van der Waals surface area (Å²) < 4.78 is 0. The van der Waals surface area contributed by atoms with Crippen LogP contribution in [-0.2, 0) is 0 Å². The number of rotatable bonds is 6. The lowest BCUT2D eigenvalue weighted by Crippen LogP contribution is -2.21. The number of hydrogen-bond donors (Lipinski definition) is 1. The van der Waals surface area contributed by atoms with Crippen molar-refractivity contribution in [1.82, 2.24) is 0 Å². The molecule has 1 aromatic carbocycles. The smallest absolute Gasteiger partial charge is 0.0342 e. The maximum Gasteiger partial charge on any atom is 0.0342 e. The summed E-state index contributed by atoms with van der Waals surface area (Å²) in [4.78, 5) is 0. The minimum absolute atomic E-state index is 0.613. The summed E-state index contributed by atoms with van der Waals surface area (Å²) in [6.07, 6.45) is 3.73. The van der Waals surface area contributed by atoms with Crippen LogP contribution in [0, 0.1) is 5.92 Å². The molecule has 0 aliphatic rings. The highest BCUT2D eigenvalue weighted by Gasteiger charge is 2.09. The molecule has 0 aliphatic heterocycles. The summed E-state index contributed by atoms with van der Waals surface area (Å²) in [5, 5.41) is 3.59. The molecule has 2 atom stereocenters. The van der Waals surface area contributed by atoms with Crippen LogP contribution in [0.5, 0.6) is 0 Å². The van der Waals surface area contributed by atoms with E-state index in [1.165, 1.54) is 24.9 Å². The first-order chi connectivity index (χ1) is 7.26. The van der Waals surface area contributed by atoms with E-state index in [0.717, 1.165) is 5.92 Å². The second-order valence-corrected chi connectivity index (χ2v) is 4.36. The van der Waals surface area contributed by atoms with E-state index in [1.807, 2.05) is 0 Å². The van der Waals surface area contributed by atoms with E-state index in [1.54, 1.807) is 0 Å². The Morgan fingerprint density at radius 3 is 2.27 bits per heavy atom. The largest absolute Gasteiger partial charge is 0.382 e. The van der Waals surface area contributed by atoms with Gasteiger partial charge in [-0.15, -0.1) is 0 Å². The molecule has 0 amide bonds. The maximum atomic E-state index is 3.59. The molecule has 0 aliphatic carbocycles. The molecule has 1 nitrogen and oxygen atoms in total. The van der Waals surface area contributed by atoms with Gasteiger partial charge in [-0.25, -0.2) is 0 Å². The zero-order valence-electron chi connectivity index (χ0n) is 10.2. The molecular formula is C14H23N. The van der Waals surface area contributed by atoms with E-state index >= 15 is 0 Å². The van der Waals surface area contributed by atoms with E-state index in [2.05, 4.69) is 56.4 Å². The van der Waals surface area contributed by atoms with Gasteiger partial charge in [0, 0.05) is 11.7 Å². The van der Waals surface area contributed by atoms with Crippen LogP contribution >= 0.6 is 0 Å². The van der Waals surface area contributed by atoms with Crippen molar-refractivity contribution in [1.29, 1.82) is 0 Å². The zero-order valence-corrected chi connectivity index (χ0v) is 10.2. The van der Waals surface area contributed by atoms with Crippen molar-refractivity contribution >= 4 is 5.69 Å². The van der Waals surface area contributed by atoms with Crippen LogP contribution in [0.25, 0.3) is 0 Å². The van der Waals surface area contributed by atoms with Crippen molar-refractivity contribution in [2.75, 3.05) is 5.32 Å². The summed E-state index contributed by atoms with van der Waals surface area (Å²) in [5.74, 6) is 0.811. The van der Waals surface area contributed by atoms with Crippen molar-refractivity contribution in [3.63, 3.8) is 0 Å². The lowest BCUT2D eigenvalue weighted by Gasteiger charge is -2.21. The third-order valence-electron chi connectivity index (χ3n) is 3.02. The van der Waals surface area contributed by atoms with Gasteiger partial charge in [-0.3, -0.25) is 0 Å². The molecule has 2 unspecified atom stereocenters. The number of benzene rings is 1. The van der Waals surface area contributed by atoms with Crippen molar-refractivity contribution in [3.05, 3.63) is 30.3 Å². The van der Waals surface area contributed by atoms with Crippen molar-refractivity contribution in [3.8, 4) is 0 Å². The van der Waals surface area contributed by atoms with E-state index < -0.39 is 0 Å². The van der Waals surface area contributed by atoms with E-state index in [9.17, 15) is 0 Å². The third kappa shape index (κ3) is 4.37. The Morgan fingerprint density at radius 1 is 1.07 bits per heavy atom. The molecule has 0 saturated carbocycles. The number of nitrogens with one attached hydrogen (secondary N) is 1. The molecule has 0 aromatic heterocycles. The topological polar surface area (TPSA) is 12.0 Å². The predicted octanol–water partition coefficient (Wildman–Crippen LogP) is 4.31. The molecule has 0 saturated heterocycles. The third-order valence-corrected chi connectivity index (χ3v) is 3.02. The Hall–Kier alpha value is -0.980. The Labute approximate surface area is 93.9 Å². The van der Waals surface area contributed by atoms with Gasteiger partial charge in [-0.2, -0.15) is 0 Å². The summed E-state index contributed by atoms with van der Waals surface area (Å²) in [5.41, 5.74) is 1.24. The Bertz CT molecular complexity index is 255. The van der Waals surface area contributed by atoms with Crippen molar-refractivity contribution in [2.45, 2.75) is 46.1 Å². The van der Waals surface area contributed by atoms with Crippen molar-refractivity contribution in [2.24, 2.45) is 5.92 Å². The van der Waals surface area contributed by atoms with Gasteiger partial charge in [0.25, 0.3) is 0 Å². The van der Waals surface area contributed by atoms with Gasteiger partial charge in [0.15, 0.2) is 0 Å². The zero-order chi connectivity index (χ0) is 11.1. The monoisotopic (exact) mass is 205 g/mol. The molecule has 0 spiro atoms. The Kier molecular flexibility index (Phi) is 5.23. The fraction of sp³-hybridized carbons (Fsp3) is 0.571. The van der Waals surface area contributed by atoms with Gasteiger partial charge >= 0.3 is 0 Å². The second-order valence-electron chi connectivity index (χ2n) is 4.36. The standard InChI is InChI=1S/C14H23N/c1-4-12(3)11-13(5-2)15-14-9-7-6-8-10-14/h6-10,12-13,15H,4-5,11H2,1-3H3. The van der Waals surface area contributed by atoms with E-state index in [-0.39, 0.29) is 0 Å². The van der Waals surface area contributed by atoms with Crippen LogP contribution in [0.15, 0.2) is 30.3 Å². The van der Waals surface area contributed by atoms with Gasteiger partial charge in [-0.05, 0) is 30.9 Å². The maximum absolute atomic E-state index is 3.59. The quantitative estimate of drug-likeness (QED) is 0.729. The van der Waals surface area contributed by atoms with Crippen LogP contribution in [0.2, 0.25) is 0 Å². The molecule has 1 N–H and O–H groups in total. The number of hydrogen-bond acceptors (Lipinski definition) is 1. The highest BCUT2D eigenvalue weighted by molar-refractivity contribution is 5.43. The molecule has 0 fully saturated rings. The van der Waals surface area contributed by atoms with Gasteiger partial charge in [0.2, 0.25) is 0 Å². The average molecular weight is 205 g/mol. The average Bonchev–Trinajstić information content (AvgIpc) is 2.29. The minimum atomic E-state index is 0.613. The lowest BCUT2D eigenvalue weighted by molar-refractivity contribution is 0.462. The molecule has 0 bridgehead atoms. The summed E-state index contributed by atoms with van der Waals surface area (Å²) >= 11 is 0. The minimum Gasteiger partial charge on any atom is -0.382 e. The first kappa shape index (κ1) is 12.1. The molecule has 84 valence electrons. The molecule has 0 radical (unpaired) electrons. The Morgan fingerprint density at radius 2 is 1.73 bits per heavy atom. The summed E-state index contributed by atoms with van der Waals surface area (Å²) in [7, 11) is 0. The van der Waals surface area contributed by atoms with Gasteiger partial charge in [-0.1, -0.05) is 45.4 Å². The van der Waals surface area contributed by atoms with Crippen molar-refractivity contribution < 1.29 is 0 Å². The molecule has 15 heavy (non-hydrogen) atoms. The fourth-order valence-electron chi connectivity index (χ4n) is 1.75. The van der Waals surface area contributed by atoms with E-state index in [4.69, 9.17) is 0 Å². The van der Waals surface area contributed by atoms with Gasteiger partial charge in [0.05, 0.1) is 0 Å². The van der Waals surface area contributed by atoms with Crippen LogP contribution in [0.1, 0.15) is 40.0 Å². The van der Waals surface area contributed by atoms with Gasteiger partial charge in [0.1, 0.15) is 0 Å². The molecule has 0 heterocycles. The highest BCUT2D eigenvalue weighted by Crippen LogP contribution is 2.16. The molecular weight excluding hydrogens is 182 g/mol. The van der Waals surface area contributed by atoms with Crippen LogP contribution in [-0.4, -0.2) is 6.04 Å². The first-order valence-electron chi connectivity index (χ1n) is 6.07. The predicted molar refractivity (Wildman–Crippen MR) is 68.2 cm³/mol. The lowest BCUT2D eigenvalue weighted by atomic mass is 9.97. The molecule has 1 aromatic rings. The summed E-state index contributed by atoms with van der Waals surface area (Å²) in [6.45, 7) is 6.85. The number of anilines is 1. The SMILES string of the molecule is CCC(C)CC(CC)Nc1ccccc1. The fourth-order valence-corrected chi connectivity index (χ4v) is 1.75. The highest BCUT2D eigenvalue weighted by atomic mass is 14.9. The molecule has 1 heteroatoms.